The molecule has 6 heteroatoms. The Morgan fingerprint density at radius 2 is 0.821 bits per heavy atom. The zero-order valence-corrected chi connectivity index (χ0v) is 23.6. The van der Waals surface area contributed by atoms with Crippen LogP contribution in [0.4, 0.5) is 0 Å². The van der Waals surface area contributed by atoms with Gasteiger partial charge in [0.05, 0.1) is 13.2 Å². The first-order valence-electron chi connectivity index (χ1n) is 10.4. The van der Waals surface area contributed by atoms with Crippen LogP contribution in [-0.2, 0) is 21.3 Å². The summed E-state index contributed by atoms with van der Waals surface area (Å²) < 4.78 is 12.7. The van der Waals surface area contributed by atoms with Gasteiger partial charge in [-0.25, -0.2) is 0 Å². The maximum atomic E-state index is 6.34. The van der Waals surface area contributed by atoms with E-state index in [0.29, 0.717) is 0 Å². The van der Waals surface area contributed by atoms with Gasteiger partial charge >= 0.3 is 0 Å². The van der Waals surface area contributed by atoms with Gasteiger partial charge in [0.2, 0.25) is 0 Å². The highest BCUT2D eigenvalue weighted by Crippen LogP contribution is 2.43. The Balaban J connectivity index is 3.15. The lowest BCUT2D eigenvalue weighted by molar-refractivity contribution is 0.290. The molecule has 0 saturated carbocycles. The Kier molecular flexibility index (Phi) is 15.7. The summed E-state index contributed by atoms with van der Waals surface area (Å²) in [5, 5.41) is 3.03. The number of hydrogen-bond acceptors (Lipinski definition) is 2. The average Bonchev–Trinajstić information content (AvgIpc) is 2.72. The second-order valence-corrected chi connectivity index (χ2v) is 9.17. The highest BCUT2D eigenvalue weighted by atomic mass is 79.9. The molecule has 0 aliphatic heterocycles. The van der Waals surface area contributed by atoms with Crippen LogP contribution in [0.15, 0.2) is 0 Å². The van der Waals surface area contributed by atoms with Gasteiger partial charge in [0.1, 0.15) is 11.5 Å². The molecule has 0 aliphatic carbocycles. The number of unbranched alkanes of at least 4 members (excludes halogenated alkanes) is 6. The van der Waals surface area contributed by atoms with E-state index in [9.17, 15) is 0 Å². The fraction of sp³-hybridized carbons (Fsp3) is 0.727. The van der Waals surface area contributed by atoms with Crippen molar-refractivity contribution in [2.24, 2.45) is 0 Å². The predicted molar refractivity (Wildman–Crippen MR) is 136 cm³/mol. The normalized spacial score (nSPS) is 11.1. The highest BCUT2D eigenvalue weighted by molar-refractivity contribution is 9.09. The van der Waals surface area contributed by atoms with Gasteiger partial charge in [-0.2, -0.15) is 0 Å². The van der Waals surface area contributed by atoms with Crippen molar-refractivity contribution in [1.29, 1.82) is 0 Å². The molecule has 1 rings (SSSR count). The Morgan fingerprint density at radius 1 is 0.500 bits per heavy atom. The molecule has 0 spiro atoms. The van der Waals surface area contributed by atoms with Crippen LogP contribution in [0.3, 0.4) is 0 Å². The number of halogens is 4. The summed E-state index contributed by atoms with van der Waals surface area (Å²) in [5.41, 5.74) is 4.82. The lowest BCUT2D eigenvalue weighted by atomic mass is 9.98. The standard InChI is InChI=1S/C22H34Br4O2/c1-3-5-7-9-11-27-21-17(13-23)19(15-25)22(20(16-26)18(21)14-24)28-12-10-8-6-4-2/h3-16H2,1-2H3. The molecule has 0 atom stereocenters. The summed E-state index contributed by atoms with van der Waals surface area (Å²) in [4.78, 5) is 0. The molecule has 0 heterocycles. The molecule has 0 radical (unpaired) electrons. The highest BCUT2D eigenvalue weighted by Gasteiger charge is 2.24. The van der Waals surface area contributed by atoms with Gasteiger partial charge in [0.25, 0.3) is 0 Å². The van der Waals surface area contributed by atoms with E-state index >= 15 is 0 Å². The summed E-state index contributed by atoms with van der Waals surface area (Å²) in [6, 6.07) is 0. The maximum Gasteiger partial charge on any atom is 0.128 e. The van der Waals surface area contributed by atoms with Crippen LogP contribution in [0, 0.1) is 0 Å². The maximum absolute atomic E-state index is 6.34. The smallest absolute Gasteiger partial charge is 0.128 e. The largest absolute Gasteiger partial charge is 0.493 e. The third kappa shape index (κ3) is 8.11. The van der Waals surface area contributed by atoms with Crippen molar-refractivity contribution in [2.45, 2.75) is 86.5 Å². The SMILES string of the molecule is CCCCCCOc1c(CBr)c(CBr)c(OCCCCCC)c(CBr)c1CBr. The van der Waals surface area contributed by atoms with Gasteiger partial charge in [-0.15, -0.1) is 0 Å². The van der Waals surface area contributed by atoms with E-state index in [4.69, 9.17) is 9.47 Å². The molecule has 0 N–H and O–H groups in total. The summed E-state index contributed by atoms with van der Waals surface area (Å²) in [6.07, 6.45) is 9.66. The molecule has 0 aliphatic rings. The molecule has 1 aromatic carbocycles. The monoisotopic (exact) mass is 646 g/mol. The summed E-state index contributed by atoms with van der Waals surface area (Å²) in [5.74, 6) is 2.04. The van der Waals surface area contributed by atoms with Gasteiger partial charge < -0.3 is 9.47 Å². The average molecular weight is 650 g/mol. The Hall–Kier alpha value is 0.740. The molecule has 0 unspecified atom stereocenters. The Labute approximate surface area is 205 Å². The zero-order valence-electron chi connectivity index (χ0n) is 17.2. The van der Waals surface area contributed by atoms with Gasteiger partial charge in [0.15, 0.2) is 0 Å². The van der Waals surface area contributed by atoms with Crippen molar-refractivity contribution in [1.82, 2.24) is 0 Å². The van der Waals surface area contributed by atoms with Crippen LogP contribution >= 0.6 is 63.7 Å². The van der Waals surface area contributed by atoms with Crippen LogP contribution in [-0.4, -0.2) is 13.2 Å². The van der Waals surface area contributed by atoms with Crippen molar-refractivity contribution >= 4 is 63.7 Å². The van der Waals surface area contributed by atoms with Gasteiger partial charge in [-0.3, -0.25) is 0 Å². The number of alkyl halides is 4. The topological polar surface area (TPSA) is 18.5 Å². The number of hydrogen-bond donors (Lipinski definition) is 0. The molecule has 0 bridgehead atoms. The van der Waals surface area contributed by atoms with E-state index in [1.807, 2.05) is 0 Å². The lowest BCUT2D eigenvalue weighted by Gasteiger charge is -2.24. The quantitative estimate of drug-likeness (QED) is 0.131. The minimum atomic E-state index is 0.757. The van der Waals surface area contributed by atoms with Crippen molar-refractivity contribution in [3.63, 3.8) is 0 Å². The van der Waals surface area contributed by atoms with E-state index in [2.05, 4.69) is 77.6 Å². The number of ether oxygens (including phenoxy) is 2. The van der Waals surface area contributed by atoms with Crippen LogP contribution in [0.2, 0.25) is 0 Å². The molecule has 0 amide bonds. The summed E-state index contributed by atoms with van der Waals surface area (Å²) in [7, 11) is 0. The minimum Gasteiger partial charge on any atom is -0.493 e. The molecule has 28 heavy (non-hydrogen) atoms. The van der Waals surface area contributed by atoms with Crippen molar-refractivity contribution in [2.75, 3.05) is 13.2 Å². The molecule has 2 nitrogen and oxygen atoms in total. The predicted octanol–water partition coefficient (Wildman–Crippen LogP) is 9.18. The van der Waals surface area contributed by atoms with E-state index in [1.54, 1.807) is 0 Å². The second-order valence-electron chi connectivity index (χ2n) is 6.93. The first kappa shape index (κ1) is 26.8. The third-order valence-electron chi connectivity index (χ3n) is 4.85. The van der Waals surface area contributed by atoms with E-state index in [0.717, 1.165) is 58.9 Å². The van der Waals surface area contributed by atoms with Crippen LogP contribution in [0.5, 0.6) is 11.5 Å². The second kappa shape index (κ2) is 16.4. The third-order valence-corrected chi connectivity index (χ3v) is 7.09. The fourth-order valence-electron chi connectivity index (χ4n) is 3.23. The van der Waals surface area contributed by atoms with Crippen molar-refractivity contribution in [3.8, 4) is 11.5 Å². The first-order chi connectivity index (χ1) is 13.7. The van der Waals surface area contributed by atoms with Gasteiger partial charge in [-0.1, -0.05) is 116 Å². The molecule has 1 aromatic rings. The van der Waals surface area contributed by atoms with Crippen LogP contribution in [0.25, 0.3) is 0 Å². The zero-order chi connectivity index (χ0) is 20.8. The van der Waals surface area contributed by atoms with E-state index in [-0.39, 0.29) is 0 Å². The molecule has 162 valence electrons. The van der Waals surface area contributed by atoms with E-state index in [1.165, 1.54) is 60.8 Å². The van der Waals surface area contributed by atoms with Gasteiger partial charge in [-0.05, 0) is 12.8 Å². The Bertz CT molecular complexity index is 482. The lowest BCUT2D eigenvalue weighted by Crippen LogP contribution is -2.11. The molecule has 0 aromatic heterocycles. The van der Waals surface area contributed by atoms with E-state index < -0.39 is 0 Å². The number of benzene rings is 1. The Morgan fingerprint density at radius 3 is 1.07 bits per heavy atom. The minimum absolute atomic E-state index is 0.757. The molecular weight excluding hydrogens is 616 g/mol. The summed E-state index contributed by atoms with van der Waals surface area (Å²) >= 11 is 14.8. The molecule has 0 saturated heterocycles. The van der Waals surface area contributed by atoms with Gasteiger partial charge in [0, 0.05) is 43.6 Å². The van der Waals surface area contributed by atoms with Crippen LogP contribution in [0.1, 0.15) is 87.5 Å². The fourth-order valence-corrected chi connectivity index (χ4v) is 5.60. The molecule has 0 fully saturated rings. The first-order valence-corrected chi connectivity index (χ1v) is 14.9. The summed E-state index contributed by atoms with van der Waals surface area (Å²) in [6.45, 7) is 6.00. The van der Waals surface area contributed by atoms with Crippen molar-refractivity contribution in [3.05, 3.63) is 22.3 Å². The van der Waals surface area contributed by atoms with Crippen LogP contribution < -0.4 is 9.47 Å². The van der Waals surface area contributed by atoms with Crippen molar-refractivity contribution < 1.29 is 9.47 Å². The molecular formula is C22H34Br4O2. The number of rotatable bonds is 16.